The van der Waals surface area contributed by atoms with E-state index in [-0.39, 0.29) is 0 Å². The number of rotatable bonds is 7. The SMILES string of the molecule is CN=C(NCc1cc(Br)c(OC)c(OC)c1)NCC(C)c1ccccc1. The molecule has 0 saturated carbocycles. The fraction of sp³-hybridized carbons (Fsp3) is 0.350. The van der Waals surface area contributed by atoms with E-state index < -0.39 is 0 Å². The van der Waals surface area contributed by atoms with Crippen LogP contribution in [-0.4, -0.2) is 33.8 Å². The van der Waals surface area contributed by atoms with Gasteiger partial charge in [0.15, 0.2) is 17.5 Å². The first kappa shape index (κ1) is 20.1. The molecule has 2 N–H and O–H groups in total. The molecule has 0 aliphatic heterocycles. The molecular formula is C20H26BrN3O2. The van der Waals surface area contributed by atoms with Crippen LogP contribution in [0.4, 0.5) is 0 Å². The van der Waals surface area contributed by atoms with Gasteiger partial charge in [-0.2, -0.15) is 0 Å². The number of nitrogens with one attached hydrogen (secondary N) is 2. The Hall–Kier alpha value is -2.21. The maximum absolute atomic E-state index is 5.39. The van der Waals surface area contributed by atoms with Gasteiger partial charge in [0, 0.05) is 20.1 Å². The topological polar surface area (TPSA) is 54.9 Å². The number of ether oxygens (including phenoxy) is 2. The second kappa shape index (κ2) is 10.1. The second-order valence-corrected chi connectivity index (χ2v) is 6.79. The molecule has 5 nitrogen and oxygen atoms in total. The van der Waals surface area contributed by atoms with Crippen molar-refractivity contribution in [3.8, 4) is 11.5 Å². The Labute approximate surface area is 163 Å². The summed E-state index contributed by atoms with van der Waals surface area (Å²) in [6, 6.07) is 14.4. The quantitative estimate of drug-likeness (QED) is 0.527. The summed E-state index contributed by atoms with van der Waals surface area (Å²) in [6.07, 6.45) is 0. The number of methoxy groups -OCH3 is 2. The van der Waals surface area contributed by atoms with Crippen molar-refractivity contribution in [3.05, 3.63) is 58.1 Å². The van der Waals surface area contributed by atoms with Crippen molar-refractivity contribution >= 4 is 21.9 Å². The van der Waals surface area contributed by atoms with E-state index in [0.29, 0.717) is 24.0 Å². The van der Waals surface area contributed by atoms with E-state index >= 15 is 0 Å². The van der Waals surface area contributed by atoms with Gasteiger partial charge < -0.3 is 20.1 Å². The third-order valence-corrected chi connectivity index (χ3v) is 4.71. The van der Waals surface area contributed by atoms with Crippen LogP contribution in [0.1, 0.15) is 24.0 Å². The van der Waals surface area contributed by atoms with E-state index in [1.165, 1.54) is 5.56 Å². The van der Waals surface area contributed by atoms with Gasteiger partial charge in [0.25, 0.3) is 0 Å². The van der Waals surface area contributed by atoms with E-state index in [9.17, 15) is 0 Å². The van der Waals surface area contributed by atoms with Crippen LogP contribution >= 0.6 is 15.9 Å². The highest BCUT2D eigenvalue weighted by Crippen LogP contribution is 2.36. The summed E-state index contributed by atoms with van der Waals surface area (Å²) in [4.78, 5) is 4.29. The van der Waals surface area contributed by atoms with Crippen LogP contribution in [0.15, 0.2) is 51.9 Å². The van der Waals surface area contributed by atoms with Crippen molar-refractivity contribution in [2.75, 3.05) is 27.8 Å². The van der Waals surface area contributed by atoms with Crippen molar-refractivity contribution in [2.45, 2.75) is 19.4 Å². The molecule has 2 aromatic rings. The van der Waals surface area contributed by atoms with Crippen LogP contribution in [0.5, 0.6) is 11.5 Å². The van der Waals surface area contributed by atoms with Crippen LogP contribution in [0.3, 0.4) is 0 Å². The van der Waals surface area contributed by atoms with E-state index in [0.717, 1.165) is 22.5 Å². The summed E-state index contributed by atoms with van der Waals surface area (Å²) >= 11 is 3.52. The normalized spacial score (nSPS) is 12.4. The average Bonchev–Trinajstić information content (AvgIpc) is 2.68. The Balaban J connectivity index is 1.94. The number of guanidine groups is 1. The monoisotopic (exact) mass is 419 g/mol. The minimum absolute atomic E-state index is 0.393. The van der Waals surface area contributed by atoms with E-state index in [4.69, 9.17) is 9.47 Å². The Kier molecular flexibility index (Phi) is 7.78. The lowest BCUT2D eigenvalue weighted by Crippen LogP contribution is -2.38. The van der Waals surface area contributed by atoms with Crippen LogP contribution in [0.25, 0.3) is 0 Å². The minimum Gasteiger partial charge on any atom is -0.493 e. The van der Waals surface area contributed by atoms with Crippen LogP contribution < -0.4 is 20.1 Å². The third-order valence-electron chi connectivity index (χ3n) is 4.12. The molecule has 0 saturated heterocycles. The molecule has 140 valence electrons. The van der Waals surface area contributed by atoms with Gasteiger partial charge in [-0.3, -0.25) is 4.99 Å². The molecule has 0 fully saturated rings. The first-order valence-corrected chi connectivity index (χ1v) is 9.28. The number of aliphatic imine (C=N–C) groups is 1. The van der Waals surface area contributed by atoms with Gasteiger partial charge in [-0.25, -0.2) is 0 Å². The van der Waals surface area contributed by atoms with Crippen molar-refractivity contribution < 1.29 is 9.47 Å². The molecule has 1 atom stereocenters. The van der Waals surface area contributed by atoms with Gasteiger partial charge in [-0.1, -0.05) is 37.3 Å². The van der Waals surface area contributed by atoms with Crippen molar-refractivity contribution in [2.24, 2.45) is 4.99 Å². The number of benzene rings is 2. The van der Waals surface area contributed by atoms with Gasteiger partial charge in [-0.15, -0.1) is 0 Å². The molecule has 0 heterocycles. The van der Waals surface area contributed by atoms with Crippen molar-refractivity contribution in [3.63, 3.8) is 0 Å². The summed E-state index contributed by atoms with van der Waals surface area (Å²) in [5.74, 6) is 2.54. The zero-order chi connectivity index (χ0) is 18.9. The fourth-order valence-electron chi connectivity index (χ4n) is 2.63. The average molecular weight is 420 g/mol. The van der Waals surface area contributed by atoms with E-state index in [1.807, 2.05) is 18.2 Å². The first-order valence-electron chi connectivity index (χ1n) is 8.48. The summed E-state index contributed by atoms with van der Waals surface area (Å²) in [6.45, 7) is 3.62. The zero-order valence-corrected chi connectivity index (χ0v) is 17.3. The predicted octanol–water partition coefficient (Wildman–Crippen LogP) is 3.94. The maximum Gasteiger partial charge on any atom is 0.191 e. The zero-order valence-electron chi connectivity index (χ0n) is 15.7. The molecule has 0 aliphatic rings. The van der Waals surface area contributed by atoms with Crippen LogP contribution in [0, 0.1) is 0 Å². The molecule has 0 aromatic heterocycles. The Morgan fingerprint density at radius 1 is 1.12 bits per heavy atom. The molecule has 26 heavy (non-hydrogen) atoms. The lowest BCUT2D eigenvalue weighted by atomic mass is 10.0. The van der Waals surface area contributed by atoms with Gasteiger partial charge in [0.05, 0.1) is 18.7 Å². The first-order chi connectivity index (χ1) is 12.6. The summed E-state index contributed by atoms with van der Waals surface area (Å²) < 4.78 is 11.6. The largest absolute Gasteiger partial charge is 0.493 e. The van der Waals surface area contributed by atoms with Crippen LogP contribution in [0.2, 0.25) is 0 Å². The molecule has 6 heteroatoms. The molecule has 0 radical (unpaired) electrons. The maximum atomic E-state index is 5.39. The molecule has 1 unspecified atom stereocenters. The van der Waals surface area contributed by atoms with Crippen molar-refractivity contribution in [1.82, 2.24) is 10.6 Å². The Bertz CT molecular complexity index is 735. The fourth-order valence-corrected chi connectivity index (χ4v) is 3.28. The molecule has 2 rings (SSSR count). The van der Waals surface area contributed by atoms with Gasteiger partial charge >= 0.3 is 0 Å². The van der Waals surface area contributed by atoms with Gasteiger partial charge in [-0.05, 0) is 45.1 Å². The predicted molar refractivity (Wildman–Crippen MR) is 110 cm³/mol. The molecule has 2 aromatic carbocycles. The highest BCUT2D eigenvalue weighted by Gasteiger charge is 2.11. The van der Waals surface area contributed by atoms with E-state index in [2.05, 4.69) is 62.7 Å². The molecule has 0 spiro atoms. The Morgan fingerprint density at radius 3 is 2.46 bits per heavy atom. The highest BCUT2D eigenvalue weighted by atomic mass is 79.9. The minimum atomic E-state index is 0.393. The number of nitrogens with zero attached hydrogens (tertiary/aromatic N) is 1. The third kappa shape index (κ3) is 5.39. The smallest absolute Gasteiger partial charge is 0.191 e. The summed E-state index contributed by atoms with van der Waals surface area (Å²) in [5.41, 5.74) is 2.37. The Morgan fingerprint density at radius 2 is 1.85 bits per heavy atom. The number of hydrogen-bond donors (Lipinski definition) is 2. The lowest BCUT2D eigenvalue weighted by Gasteiger charge is -2.17. The lowest BCUT2D eigenvalue weighted by molar-refractivity contribution is 0.352. The number of halogens is 1. The highest BCUT2D eigenvalue weighted by molar-refractivity contribution is 9.10. The standard InChI is InChI=1S/C20H26BrN3O2/c1-14(16-8-6-5-7-9-16)12-23-20(22-2)24-13-15-10-17(21)19(26-4)18(11-15)25-3/h5-11,14H,12-13H2,1-4H3,(H2,22,23,24). The van der Waals surface area contributed by atoms with Gasteiger partial charge in [0.1, 0.15) is 0 Å². The van der Waals surface area contributed by atoms with E-state index in [1.54, 1.807) is 21.3 Å². The summed E-state index contributed by atoms with van der Waals surface area (Å²) in [7, 11) is 5.03. The molecule has 0 aliphatic carbocycles. The molecule has 0 bridgehead atoms. The summed E-state index contributed by atoms with van der Waals surface area (Å²) in [5, 5.41) is 6.71. The molecular weight excluding hydrogens is 394 g/mol. The molecule has 0 amide bonds. The van der Waals surface area contributed by atoms with Gasteiger partial charge in [0.2, 0.25) is 0 Å². The second-order valence-electron chi connectivity index (χ2n) is 5.93. The van der Waals surface area contributed by atoms with Crippen LogP contribution in [-0.2, 0) is 6.54 Å². The van der Waals surface area contributed by atoms with Crippen molar-refractivity contribution in [1.29, 1.82) is 0 Å². The number of hydrogen-bond acceptors (Lipinski definition) is 3.